The Kier molecular flexibility index (Phi) is 3.18. The highest BCUT2D eigenvalue weighted by atomic mass is 16.5. The standard InChI is InChI=1S/C12H13N3O3/c1-17-10-4-3-7(12(16)18-2)5-8(10)9-6-11(13)15-14-9/h3-6H,1-2H3,(H3,13,14,15). The molecule has 0 spiro atoms. The fourth-order valence-electron chi connectivity index (χ4n) is 1.64. The van der Waals surface area contributed by atoms with Crippen LogP contribution in [0.1, 0.15) is 10.4 Å². The number of H-pyrrole nitrogens is 1. The van der Waals surface area contributed by atoms with Gasteiger partial charge in [-0.2, -0.15) is 5.10 Å². The summed E-state index contributed by atoms with van der Waals surface area (Å²) >= 11 is 0. The molecule has 0 saturated carbocycles. The van der Waals surface area contributed by atoms with Crippen molar-refractivity contribution in [3.63, 3.8) is 0 Å². The van der Waals surface area contributed by atoms with Gasteiger partial charge in [-0.25, -0.2) is 4.79 Å². The molecule has 6 heteroatoms. The zero-order chi connectivity index (χ0) is 13.1. The van der Waals surface area contributed by atoms with E-state index in [0.717, 1.165) is 0 Å². The Bertz CT molecular complexity index is 578. The molecule has 0 bridgehead atoms. The van der Waals surface area contributed by atoms with Crippen molar-refractivity contribution in [2.75, 3.05) is 20.0 Å². The van der Waals surface area contributed by atoms with Gasteiger partial charge in [0.1, 0.15) is 11.6 Å². The number of nitrogen functional groups attached to an aromatic ring is 1. The lowest BCUT2D eigenvalue weighted by molar-refractivity contribution is 0.0601. The molecule has 2 aromatic rings. The average molecular weight is 247 g/mol. The van der Waals surface area contributed by atoms with E-state index in [9.17, 15) is 4.79 Å². The van der Waals surface area contributed by atoms with Crippen molar-refractivity contribution in [2.45, 2.75) is 0 Å². The van der Waals surface area contributed by atoms with Crippen LogP contribution in [0.2, 0.25) is 0 Å². The molecule has 94 valence electrons. The van der Waals surface area contributed by atoms with Gasteiger partial charge in [-0.15, -0.1) is 0 Å². The molecule has 3 N–H and O–H groups in total. The van der Waals surface area contributed by atoms with Crippen LogP contribution in [0.15, 0.2) is 24.3 Å². The van der Waals surface area contributed by atoms with E-state index in [-0.39, 0.29) is 0 Å². The maximum absolute atomic E-state index is 11.5. The molecule has 0 fully saturated rings. The highest BCUT2D eigenvalue weighted by Crippen LogP contribution is 2.30. The van der Waals surface area contributed by atoms with E-state index in [0.29, 0.717) is 28.4 Å². The number of esters is 1. The first-order valence-electron chi connectivity index (χ1n) is 5.23. The number of rotatable bonds is 3. The number of nitrogens with two attached hydrogens (primary N) is 1. The van der Waals surface area contributed by atoms with E-state index >= 15 is 0 Å². The molecule has 0 aliphatic rings. The largest absolute Gasteiger partial charge is 0.496 e. The Morgan fingerprint density at radius 3 is 2.67 bits per heavy atom. The third-order valence-electron chi connectivity index (χ3n) is 2.51. The summed E-state index contributed by atoms with van der Waals surface area (Å²) in [5.41, 5.74) is 7.36. The molecule has 0 atom stereocenters. The topological polar surface area (TPSA) is 90.2 Å². The number of benzene rings is 1. The molecule has 1 aromatic heterocycles. The zero-order valence-corrected chi connectivity index (χ0v) is 10.1. The zero-order valence-electron chi connectivity index (χ0n) is 10.1. The van der Waals surface area contributed by atoms with E-state index in [1.807, 2.05) is 0 Å². The molecule has 0 saturated heterocycles. The number of anilines is 1. The normalized spacial score (nSPS) is 10.1. The van der Waals surface area contributed by atoms with Crippen LogP contribution < -0.4 is 10.5 Å². The minimum Gasteiger partial charge on any atom is -0.496 e. The molecule has 0 aliphatic carbocycles. The van der Waals surface area contributed by atoms with Crippen molar-refractivity contribution in [2.24, 2.45) is 0 Å². The molecule has 18 heavy (non-hydrogen) atoms. The summed E-state index contributed by atoms with van der Waals surface area (Å²) in [7, 11) is 2.89. The fourth-order valence-corrected chi connectivity index (χ4v) is 1.64. The summed E-state index contributed by atoms with van der Waals surface area (Å²) < 4.78 is 9.91. The summed E-state index contributed by atoms with van der Waals surface area (Å²) in [6, 6.07) is 6.66. The average Bonchev–Trinajstić information content (AvgIpc) is 2.83. The van der Waals surface area contributed by atoms with Gasteiger partial charge in [-0.1, -0.05) is 0 Å². The first-order chi connectivity index (χ1) is 8.65. The smallest absolute Gasteiger partial charge is 0.337 e. The number of methoxy groups -OCH3 is 2. The number of hydrogen-bond donors (Lipinski definition) is 2. The summed E-state index contributed by atoms with van der Waals surface area (Å²) in [5, 5.41) is 6.62. The van der Waals surface area contributed by atoms with Gasteiger partial charge in [0.05, 0.1) is 25.5 Å². The number of aromatic amines is 1. The molecular weight excluding hydrogens is 234 g/mol. The Morgan fingerprint density at radius 2 is 2.11 bits per heavy atom. The number of carbonyl (C=O) groups excluding carboxylic acids is 1. The highest BCUT2D eigenvalue weighted by molar-refractivity contribution is 5.91. The van der Waals surface area contributed by atoms with Crippen molar-refractivity contribution in [1.82, 2.24) is 10.2 Å². The van der Waals surface area contributed by atoms with Gasteiger partial charge in [-0.3, -0.25) is 5.10 Å². The molecule has 0 unspecified atom stereocenters. The first kappa shape index (κ1) is 12.0. The van der Waals surface area contributed by atoms with Crippen LogP contribution in [0.3, 0.4) is 0 Å². The van der Waals surface area contributed by atoms with E-state index in [2.05, 4.69) is 14.9 Å². The Labute approximate surface area is 104 Å². The maximum atomic E-state index is 11.5. The first-order valence-corrected chi connectivity index (χ1v) is 5.23. The summed E-state index contributed by atoms with van der Waals surface area (Å²) in [4.78, 5) is 11.5. The van der Waals surface area contributed by atoms with Crippen LogP contribution in [0.25, 0.3) is 11.3 Å². The summed E-state index contributed by atoms with van der Waals surface area (Å²) in [5.74, 6) is 0.577. The lowest BCUT2D eigenvalue weighted by Gasteiger charge is -2.08. The minimum absolute atomic E-state index is 0.371. The van der Waals surface area contributed by atoms with Crippen molar-refractivity contribution < 1.29 is 14.3 Å². The van der Waals surface area contributed by atoms with E-state index in [1.54, 1.807) is 31.4 Å². The van der Waals surface area contributed by atoms with Crippen LogP contribution in [0, 0.1) is 0 Å². The minimum atomic E-state index is -0.411. The second kappa shape index (κ2) is 4.79. The highest BCUT2D eigenvalue weighted by Gasteiger charge is 2.13. The number of nitrogens with zero attached hydrogens (tertiary/aromatic N) is 1. The molecule has 6 nitrogen and oxygen atoms in total. The number of carbonyl (C=O) groups is 1. The molecular formula is C12H13N3O3. The van der Waals surface area contributed by atoms with E-state index < -0.39 is 5.97 Å². The van der Waals surface area contributed by atoms with Crippen molar-refractivity contribution in [3.05, 3.63) is 29.8 Å². The van der Waals surface area contributed by atoms with Crippen molar-refractivity contribution in [1.29, 1.82) is 0 Å². The monoisotopic (exact) mass is 247 g/mol. The van der Waals surface area contributed by atoms with E-state index in [1.165, 1.54) is 7.11 Å². The predicted octanol–water partition coefficient (Wildman–Crippen LogP) is 1.45. The van der Waals surface area contributed by atoms with Crippen LogP contribution >= 0.6 is 0 Å². The van der Waals surface area contributed by atoms with Gasteiger partial charge in [-0.05, 0) is 18.2 Å². The van der Waals surface area contributed by atoms with E-state index in [4.69, 9.17) is 10.5 Å². The molecule has 2 rings (SSSR count). The van der Waals surface area contributed by atoms with Gasteiger partial charge in [0.2, 0.25) is 0 Å². The van der Waals surface area contributed by atoms with Gasteiger partial charge in [0.15, 0.2) is 0 Å². The number of nitrogens with one attached hydrogen (secondary N) is 1. The molecule has 1 heterocycles. The lowest BCUT2D eigenvalue weighted by atomic mass is 10.1. The van der Waals surface area contributed by atoms with Crippen LogP contribution in [-0.4, -0.2) is 30.4 Å². The van der Waals surface area contributed by atoms with Crippen molar-refractivity contribution in [3.8, 4) is 17.0 Å². The quantitative estimate of drug-likeness (QED) is 0.801. The SMILES string of the molecule is COC(=O)c1ccc(OC)c(-c2cc(N)n[nH]2)c1. The third kappa shape index (κ3) is 2.13. The van der Waals surface area contributed by atoms with Gasteiger partial charge in [0, 0.05) is 11.6 Å². The number of hydrogen-bond acceptors (Lipinski definition) is 5. The second-order valence-corrected chi connectivity index (χ2v) is 3.61. The molecule has 0 radical (unpaired) electrons. The molecule has 0 aliphatic heterocycles. The van der Waals surface area contributed by atoms with Crippen LogP contribution in [0.4, 0.5) is 5.82 Å². The predicted molar refractivity (Wildman–Crippen MR) is 66.3 cm³/mol. The van der Waals surface area contributed by atoms with Crippen molar-refractivity contribution >= 4 is 11.8 Å². The van der Waals surface area contributed by atoms with Crippen LogP contribution in [0.5, 0.6) is 5.75 Å². The van der Waals surface area contributed by atoms with Gasteiger partial charge in [0.25, 0.3) is 0 Å². The summed E-state index contributed by atoms with van der Waals surface area (Å²) in [6.07, 6.45) is 0. The second-order valence-electron chi connectivity index (χ2n) is 3.61. The Hall–Kier alpha value is -2.50. The fraction of sp³-hybridized carbons (Fsp3) is 0.167. The van der Waals surface area contributed by atoms with Gasteiger partial charge < -0.3 is 15.2 Å². The Morgan fingerprint density at radius 1 is 1.33 bits per heavy atom. The number of aromatic nitrogens is 2. The maximum Gasteiger partial charge on any atom is 0.337 e. The molecule has 0 amide bonds. The van der Waals surface area contributed by atoms with Gasteiger partial charge >= 0.3 is 5.97 Å². The Balaban J connectivity index is 2.52. The number of ether oxygens (including phenoxy) is 2. The molecule has 1 aromatic carbocycles. The van der Waals surface area contributed by atoms with Crippen LogP contribution in [-0.2, 0) is 4.74 Å². The summed E-state index contributed by atoms with van der Waals surface area (Å²) in [6.45, 7) is 0. The third-order valence-corrected chi connectivity index (χ3v) is 2.51. The lowest BCUT2D eigenvalue weighted by Crippen LogP contribution is -2.02.